The summed E-state index contributed by atoms with van der Waals surface area (Å²) in [6.07, 6.45) is 1.08. The Labute approximate surface area is 98.3 Å². The van der Waals surface area contributed by atoms with Crippen LogP contribution in [0.5, 0.6) is 0 Å². The molecule has 6 heteroatoms. The van der Waals surface area contributed by atoms with E-state index in [-0.39, 0.29) is 12.1 Å². The van der Waals surface area contributed by atoms with E-state index >= 15 is 0 Å². The molecule has 0 bridgehead atoms. The van der Waals surface area contributed by atoms with Gasteiger partial charge < -0.3 is 10.1 Å². The lowest BCUT2D eigenvalue weighted by Crippen LogP contribution is -2.24. The quantitative estimate of drug-likeness (QED) is 0.880. The molecule has 0 amide bonds. The van der Waals surface area contributed by atoms with Crippen molar-refractivity contribution >= 4 is 15.9 Å². The lowest BCUT2D eigenvalue weighted by molar-refractivity contribution is 0.100. The van der Waals surface area contributed by atoms with E-state index in [1.54, 1.807) is 11.8 Å². The molecule has 0 fully saturated rings. The Morgan fingerprint density at radius 3 is 2.67 bits per heavy atom. The lowest BCUT2D eigenvalue weighted by Gasteiger charge is -2.19. The highest BCUT2D eigenvalue weighted by molar-refractivity contribution is 9.10. The molecule has 0 aliphatic heterocycles. The van der Waals surface area contributed by atoms with Gasteiger partial charge in [0, 0.05) is 14.2 Å². The molecule has 0 saturated carbocycles. The minimum absolute atomic E-state index is 0.189. The molecule has 2 atom stereocenters. The Morgan fingerprint density at radius 2 is 2.27 bits per heavy atom. The molecule has 0 spiro atoms. The zero-order valence-electron chi connectivity index (χ0n) is 9.49. The summed E-state index contributed by atoms with van der Waals surface area (Å²) in [7, 11) is 5.52. The molecule has 1 rings (SSSR count). The Morgan fingerprint density at radius 1 is 1.60 bits per heavy atom. The number of aromatic nitrogens is 3. The van der Waals surface area contributed by atoms with E-state index < -0.39 is 0 Å². The summed E-state index contributed by atoms with van der Waals surface area (Å²) in [5.41, 5.74) is 1.04. The van der Waals surface area contributed by atoms with Crippen molar-refractivity contribution in [2.75, 3.05) is 14.2 Å². The number of aryl methyl sites for hydroxylation is 1. The number of rotatable bonds is 5. The fourth-order valence-corrected chi connectivity index (χ4v) is 2.11. The van der Waals surface area contributed by atoms with Gasteiger partial charge in [0.25, 0.3) is 0 Å². The Bertz CT molecular complexity index is 296. The van der Waals surface area contributed by atoms with Gasteiger partial charge in [-0.3, -0.25) is 0 Å². The predicted molar refractivity (Wildman–Crippen MR) is 61.6 cm³/mol. The SMILES string of the molecule is CNC(CC(C)OC)c1c(Br)nnn1C. The maximum Gasteiger partial charge on any atom is 0.153 e. The van der Waals surface area contributed by atoms with Crippen LogP contribution in [0, 0.1) is 0 Å². The van der Waals surface area contributed by atoms with Crippen molar-refractivity contribution in [1.29, 1.82) is 0 Å². The minimum Gasteiger partial charge on any atom is -0.382 e. The Hall–Kier alpha value is -0.460. The summed E-state index contributed by atoms with van der Waals surface area (Å²) in [5, 5.41) is 11.2. The van der Waals surface area contributed by atoms with Gasteiger partial charge in [-0.1, -0.05) is 5.21 Å². The summed E-state index contributed by atoms with van der Waals surface area (Å²) < 4.78 is 7.81. The predicted octanol–water partition coefficient (Wildman–Crippen LogP) is 1.26. The van der Waals surface area contributed by atoms with Crippen LogP contribution in [-0.4, -0.2) is 35.3 Å². The third-order valence-electron chi connectivity index (χ3n) is 2.48. The second kappa shape index (κ2) is 5.58. The van der Waals surface area contributed by atoms with E-state index in [4.69, 9.17) is 4.74 Å². The summed E-state index contributed by atoms with van der Waals surface area (Å²) in [4.78, 5) is 0. The average Bonchev–Trinajstić information content (AvgIpc) is 2.55. The second-order valence-electron chi connectivity index (χ2n) is 3.51. The highest BCUT2D eigenvalue weighted by Gasteiger charge is 2.20. The minimum atomic E-state index is 0.189. The van der Waals surface area contributed by atoms with Crippen molar-refractivity contribution in [3.8, 4) is 0 Å². The van der Waals surface area contributed by atoms with Crippen molar-refractivity contribution in [3.63, 3.8) is 0 Å². The molecule has 1 heterocycles. The van der Waals surface area contributed by atoms with E-state index in [1.807, 2.05) is 21.0 Å². The molecule has 15 heavy (non-hydrogen) atoms. The standard InChI is InChI=1S/C9H17BrN4O/c1-6(15-4)5-7(11-2)8-9(10)12-13-14(8)3/h6-7,11H,5H2,1-4H3. The molecule has 2 unspecified atom stereocenters. The van der Waals surface area contributed by atoms with E-state index in [0.29, 0.717) is 0 Å². The lowest BCUT2D eigenvalue weighted by atomic mass is 10.1. The van der Waals surface area contributed by atoms with Crippen molar-refractivity contribution in [2.24, 2.45) is 7.05 Å². The Balaban J connectivity index is 2.82. The first-order valence-corrected chi connectivity index (χ1v) is 5.64. The largest absolute Gasteiger partial charge is 0.382 e. The number of nitrogens with zero attached hydrogens (tertiary/aromatic N) is 3. The fraction of sp³-hybridized carbons (Fsp3) is 0.778. The molecule has 0 radical (unpaired) electrons. The maximum absolute atomic E-state index is 5.25. The van der Waals surface area contributed by atoms with E-state index in [2.05, 4.69) is 31.6 Å². The number of ether oxygens (including phenoxy) is 1. The number of hydrogen-bond acceptors (Lipinski definition) is 4. The molecule has 0 aromatic carbocycles. The number of nitrogens with one attached hydrogen (secondary N) is 1. The topological polar surface area (TPSA) is 52.0 Å². The molecule has 0 aliphatic carbocycles. The van der Waals surface area contributed by atoms with Crippen LogP contribution in [0.1, 0.15) is 25.1 Å². The zero-order chi connectivity index (χ0) is 11.4. The van der Waals surface area contributed by atoms with Gasteiger partial charge in [0.05, 0.1) is 17.8 Å². The first kappa shape index (κ1) is 12.6. The molecule has 86 valence electrons. The van der Waals surface area contributed by atoms with Gasteiger partial charge >= 0.3 is 0 Å². The summed E-state index contributed by atoms with van der Waals surface area (Å²) in [5.74, 6) is 0. The fourth-order valence-electron chi connectivity index (χ4n) is 1.50. The second-order valence-corrected chi connectivity index (χ2v) is 4.26. The smallest absolute Gasteiger partial charge is 0.153 e. The molecule has 1 N–H and O–H groups in total. The normalized spacial score (nSPS) is 15.3. The van der Waals surface area contributed by atoms with Crippen LogP contribution in [0.25, 0.3) is 0 Å². The van der Waals surface area contributed by atoms with Gasteiger partial charge in [-0.05, 0) is 36.3 Å². The van der Waals surface area contributed by atoms with Crippen LogP contribution in [0.2, 0.25) is 0 Å². The molecule has 1 aromatic heterocycles. The average molecular weight is 277 g/mol. The van der Waals surface area contributed by atoms with E-state index in [0.717, 1.165) is 16.7 Å². The van der Waals surface area contributed by atoms with Gasteiger partial charge in [-0.2, -0.15) is 0 Å². The molecule has 5 nitrogen and oxygen atoms in total. The molecule has 0 saturated heterocycles. The van der Waals surface area contributed by atoms with E-state index in [1.165, 1.54) is 0 Å². The van der Waals surface area contributed by atoms with Crippen molar-refractivity contribution < 1.29 is 4.74 Å². The number of methoxy groups -OCH3 is 1. The van der Waals surface area contributed by atoms with Crippen molar-refractivity contribution in [3.05, 3.63) is 10.3 Å². The van der Waals surface area contributed by atoms with Crippen LogP contribution < -0.4 is 5.32 Å². The molecular formula is C9H17BrN4O. The van der Waals surface area contributed by atoms with Crippen molar-refractivity contribution in [1.82, 2.24) is 20.3 Å². The molecule has 0 aliphatic rings. The highest BCUT2D eigenvalue weighted by atomic mass is 79.9. The van der Waals surface area contributed by atoms with Crippen LogP contribution >= 0.6 is 15.9 Å². The monoisotopic (exact) mass is 276 g/mol. The third-order valence-corrected chi connectivity index (χ3v) is 3.04. The first-order chi connectivity index (χ1) is 7.10. The van der Waals surface area contributed by atoms with Crippen molar-refractivity contribution in [2.45, 2.75) is 25.5 Å². The maximum atomic E-state index is 5.25. The van der Waals surface area contributed by atoms with Crippen LogP contribution in [-0.2, 0) is 11.8 Å². The zero-order valence-corrected chi connectivity index (χ0v) is 11.1. The Kier molecular flexibility index (Phi) is 4.69. The van der Waals surface area contributed by atoms with Gasteiger partial charge in [0.1, 0.15) is 0 Å². The van der Waals surface area contributed by atoms with Gasteiger partial charge in [0.2, 0.25) is 0 Å². The molecule has 1 aromatic rings. The summed E-state index contributed by atoms with van der Waals surface area (Å²) >= 11 is 3.40. The van der Waals surface area contributed by atoms with Gasteiger partial charge in [-0.25, -0.2) is 4.68 Å². The van der Waals surface area contributed by atoms with Gasteiger partial charge in [-0.15, -0.1) is 5.10 Å². The van der Waals surface area contributed by atoms with E-state index in [9.17, 15) is 0 Å². The van der Waals surface area contributed by atoms with Crippen LogP contribution in [0.4, 0.5) is 0 Å². The third kappa shape index (κ3) is 2.99. The van der Waals surface area contributed by atoms with Gasteiger partial charge in [0.15, 0.2) is 4.60 Å². The summed E-state index contributed by atoms with van der Waals surface area (Å²) in [6, 6.07) is 0.189. The number of halogens is 1. The highest BCUT2D eigenvalue weighted by Crippen LogP contribution is 2.24. The van der Waals surface area contributed by atoms with Crippen LogP contribution in [0.3, 0.4) is 0 Å². The van der Waals surface area contributed by atoms with Crippen LogP contribution in [0.15, 0.2) is 4.60 Å². The first-order valence-electron chi connectivity index (χ1n) is 4.85. The number of hydrogen-bond donors (Lipinski definition) is 1. The molecular weight excluding hydrogens is 260 g/mol. The summed E-state index contributed by atoms with van der Waals surface area (Å²) in [6.45, 7) is 2.04.